The van der Waals surface area contributed by atoms with Gasteiger partial charge >= 0.3 is 10.2 Å². The molecule has 214 valence electrons. The number of aryl methyl sites for hydroxylation is 1. The first kappa shape index (κ1) is 30.8. The van der Waals surface area contributed by atoms with Crippen molar-refractivity contribution in [3.8, 4) is 0 Å². The van der Waals surface area contributed by atoms with Crippen LogP contribution in [0.1, 0.15) is 36.5 Å². The Morgan fingerprint density at radius 1 is 0.875 bits per heavy atom. The van der Waals surface area contributed by atoms with E-state index >= 15 is 0 Å². The predicted molar refractivity (Wildman–Crippen MR) is 160 cm³/mol. The first-order chi connectivity index (χ1) is 19.1. The number of anilines is 1. The molecule has 0 saturated heterocycles. The van der Waals surface area contributed by atoms with Crippen LogP contribution >= 0.6 is 0 Å². The fourth-order valence-electron chi connectivity index (χ4n) is 4.34. The number of unbranched alkanes of at least 4 members (excludes halogenated alkanes) is 1. The van der Waals surface area contributed by atoms with Crippen molar-refractivity contribution in [2.45, 2.75) is 45.7 Å². The van der Waals surface area contributed by atoms with Gasteiger partial charge in [-0.25, -0.2) is 4.31 Å². The summed E-state index contributed by atoms with van der Waals surface area (Å²) < 4.78 is 28.9. The van der Waals surface area contributed by atoms with Crippen molar-refractivity contribution < 1.29 is 18.0 Å². The van der Waals surface area contributed by atoms with Gasteiger partial charge in [-0.1, -0.05) is 86.1 Å². The van der Waals surface area contributed by atoms with Gasteiger partial charge < -0.3 is 10.2 Å². The van der Waals surface area contributed by atoms with Crippen LogP contribution in [0, 0.1) is 6.92 Å². The smallest absolute Gasteiger partial charge is 0.304 e. The van der Waals surface area contributed by atoms with Crippen LogP contribution in [0.4, 0.5) is 5.69 Å². The van der Waals surface area contributed by atoms with Crippen molar-refractivity contribution in [2.24, 2.45) is 0 Å². The molecule has 1 atom stereocenters. The Bertz CT molecular complexity index is 1350. The highest BCUT2D eigenvalue weighted by Gasteiger charge is 2.34. The second-order valence-electron chi connectivity index (χ2n) is 9.93. The molecule has 0 heterocycles. The largest absolute Gasteiger partial charge is 0.354 e. The fraction of sp³-hybridized carbons (Fsp3) is 0.355. The van der Waals surface area contributed by atoms with Gasteiger partial charge in [0, 0.05) is 33.6 Å². The highest BCUT2D eigenvalue weighted by atomic mass is 32.2. The van der Waals surface area contributed by atoms with Crippen LogP contribution in [0.5, 0.6) is 0 Å². The molecule has 0 aliphatic heterocycles. The Hall–Kier alpha value is -3.69. The Labute approximate surface area is 238 Å². The summed E-state index contributed by atoms with van der Waals surface area (Å²) in [6.45, 7) is 4.21. The summed E-state index contributed by atoms with van der Waals surface area (Å²) in [5.74, 6) is -0.731. The minimum absolute atomic E-state index is 0.162. The van der Waals surface area contributed by atoms with E-state index < -0.39 is 28.7 Å². The maximum Gasteiger partial charge on any atom is 0.304 e. The SMILES string of the molecule is CCCCNC(=O)[C@H](Cc1ccccc1)N(Cc1ccccc1C)C(=O)CN(c1ccccc1)S(=O)(=O)N(C)C. The Balaban J connectivity index is 2.06. The molecule has 0 spiro atoms. The molecule has 3 rings (SSSR count). The molecule has 8 nitrogen and oxygen atoms in total. The zero-order chi connectivity index (χ0) is 29.1. The summed E-state index contributed by atoms with van der Waals surface area (Å²) in [5, 5.41) is 3.00. The lowest BCUT2D eigenvalue weighted by atomic mass is 10.0. The Morgan fingerprint density at radius 3 is 2.08 bits per heavy atom. The average molecular weight is 565 g/mol. The molecule has 40 heavy (non-hydrogen) atoms. The van der Waals surface area contributed by atoms with Crippen molar-refractivity contribution in [3.05, 3.63) is 102 Å². The normalized spacial score (nSPS) is 12.1. The summed E-state index contributed by atoms with van der Waals surface area (Å²) in [7, 11) is -1.14. The highest BCUT2D eigenvalue weighted by molar-refractivity contribution is 7.90. The van der Waals surface area contributed by atoms with Gasteiger partial charge in [-0.2, -0.15) is 12.7 Å². The van der Waals surface area contributed by atoms with Crippen LogP contribution in [0.2, 0.25) is 0 Å². The van der Waals surface area contributed by atoms with Crippen LogP contribution in [0.15, 0.2) is 84.9 Å². The number of nitrogens with one attached hydrogen (secondary N) is 1. The van der Waals surface area contributed by atoms with E-state index in [1.807, 2.05) is 68.4 Å². The molecular formula is C31H40N4O4S. The molecule has 3 aromatic carbocycles. The molecule has 3 aromatic rings. The molecule has 0 aliphatic carbocycles. The van der Waals surface area contributed by atoms with Gasteiger partial charge in [0.05, 0.1) is 5.69 Å². The summed E-state index contributed by atoms with van der Waals surface area (Å²) >= 11 is 0. The molecule has 0 aromatic heterocycles. The number of carbonyl (C=O) groups is 2. The first-order valence-corrected chi connectivity index (χ1v) is 15.0. The van der Waals surface area contributed by atoms with Crippen molar-refractivity contribution in [1.82, 2.24) is 14.5 Å². The van der Waals surface area contributed by atoms with E-state index in [1.165, 1.54) is 19.0 Å². The van der Waals surface area contributed by atoms with E-state index in [9.17, 15) is 18.0 Å². The molecule has 1 N–H and O–H groups in total. The summed E-state index contributed by atoms with van der Waals surface area (Å²) in [5.41, 5.74) is 3.14. The number of nitrogens with zero attached hydrogens (tertiary/aromatic N) is 3. The van der Waals surface area contributed by atoms with E-state index in [0.29, 0.717) is 18.7 Å². The van der Waals surface area contributed by atoms with Gasteiger partial charge in [0.15, 0.2) is 0 Å². The third kappa shape index (κ3) is 8.16. The summed E-state index contributed by atoms with van der Waals surface area (Å²) in [4.78, 5) is 29.4. The van der Waals surface area contributed by atoms with E-state index in [1.54, 1.807) is 30.3 Å². The van der Waals surface area contributed by atoms with Crippen LogP contribution in [-0.4, -0.2) is 62.7 Å². The lowest BCUT2D eigenvalue weighted by Crippen LogP contribution is -2.54. The van der Waals surface area contributed by atoms with Crippen LogP contribution in [0.25, 0.3) is 0 Å². The van der Waals surface area contributed by atoms with Gasteiger partial charge in [0.25, 0.3) is 0 Å². The number of rotatable bonds is 14. The minimum atomic E-state index is -4.01. The number of amides is 2. The average Bonchev–Trinajstić information content (AvgIpc) is 2.95. The van der Waals surface area contributed by atoms with Gasteiger partial charge in [-0.3, -0.25) is 9.59 Å². The maximum absolute atomic E-state index is 14.2. The van der Waals surface area contributed by atoms with Crippen molar-refractivity contribution >= 4 is 27.7 Å². The Morgan fingerprint density at radius 2 is 1.48 bits per heavy atom. The first-order valence-electron chi connectivity index (χ1n) is 13.6. The standard InChI is InChI=1S/C31H40N4O4S/c1-5-6-21-32-31(37)29(22-26-16-9-7-10-17-26)34(23-27-18-14-13-15-25(27)2)30(36)24-35(40(38,39)33(3)4)28-19-11-8-12-20-28/h7-20,29H,5-6,21-24H2,1-4H3,(H,32,37)/t29-/m0/s1. The lowest BCUT2D eigenvalue weighted by Gasteiger charge is -2.34. The molecule has 0 radical (unpaired) electrons. The monoisotopic (exact) mass is 564 g/mol. The lowest BCUT2D eigenvalue weighted by molar-refractivity contribution is -0.140. The molecular weight excluding hydrogens is 524 g/mol. The summed E-state index contributed by atoms with van der Waals surface area (Å²) in [6.07, 6.45) is 2.03. The van der Waals surface area contributed by atoms with Crippen LogP contribution in [0.3, 0.4) is 0 Å². The zero-order valence-corrected chi connectivity index (χ0v) is 24.6. The molecule has 9 heteroatoms. The Kier molecular flexibility index (Phi) is 11.3. The van der Waals surface area contributed by atoms with Crippen molar-refractivity contribution in [2.75, 3.05) is 31.5 Å². The van der Waals surface area contributed by atoms with E-state index in [4.69, 9.17) is 0 Å². The van der Waals surface area contributed by atoms with Gasteiger partial charge in [-0.05, 0) is 42.2 Å². The van der Waals surface area contributed by atoms with E-state index in [2.05, 4.69) is 5.32 Å². The van der Waals surface area contributed by atoms with Crippen LogP contribution in [-0.2, 0) is 32.8 Å². The second kappa shape index (κ2) is 14.6. The topological polar surface area (TPSA) is 90.0 Å². The molecule has 2 amide bonds. The molecule has 0 bridgehead atoms. The fourth-order valence-corrected chi connectivity index (χ4v) is 5.40. The third-order valence-corrected chi connectivity index (χ3v) is 8.59. The van der Waals surface area contributed by atoms with Crippen molar-refractivity contribution in [3.63, 3.8) is 0 Å². The zero-order valence-electron chi connectivity index (χ0n) is 23.8. The minimum Gasteiger partial charge on any atom is -0.354 e. The number of hydrogen-bond donors (Lipinski definition) is 1. The molecule has 0 fully saturated rings. The van der Waals surface area contributed by atoms with E-state index in [0.717, 1.165) is 38.1 Å². The quantitative estimate of drug-likeness (QED) is 0.298. The molecule has 0 saturated carbocycles. The highest BCUT2D eigenvalue weighted by Crippen LogP contribution is 2.22. The second-order valence-corrected chi connectivity index (χ2v) is 12.0. The molecule has 0 aliphatic rings. The maximum atomic E-state index is 14.2. The van der Waals surface area contributed by atoms with Crippen LogP contribution < -0.4 is 9.62 Å². The van der Waals surface area contributed by atoms with Crippen molar-refractivity contribution in [1.29, 1.82) is 0 Å². The number of hydrogen-bond acceptors (Lipinski definition) is 4. The summed E-state index contributed by atoms with van der Waals surface area (Å²) in [6, 6.07) is 24.9. The van der Waals surface area contributed by atoms with Gasteiger partial charge in [0.1, 0.15) is 12.6 Å². The number of carbonyl (C=O) groups excluding carboxylic acids is 2. The predicted octanol–water partition coefficient (Wildman–Crippen LogP) is 4.16. The molecule has 0 unspecified atom stereocenters. The number of benzene rings is 3. The van der Waals surface area contributed by atoms with E-state index in [-0.39, 0.29) is 12.5 Å². The van der Waals surface area contributed by atoms with Gasteiger partial charge in [-0.15, -0.1) is 0 Å². The third-order valence-electron chi connectivity index (χ3n) is 6.77. The number of para-hydroxylation sites is 1. The van der Waals surface area contributed by atoms with Gasteiger partial charge in [0.2, 0.25) is 11.8 Å².